The zero-order chi connectivity index (χ0) is 14.7. The van der Waals surface area contributed by atoms with E-state index in [2.05, 4.69) is 33.5 Å². The maximum atomic E-state index is 5.88. The molecule has 0 bridgehead atoms. The van der Waals surface area contributed by atoms with Crippen molar-refractivity contribution >= 4 is 15.9 Å². The lowest BCUT2D eigenvalue weighted by molar-refractivity contribution is 0.312. The number of hydrogen-bond donors (Lipinski definition) is 2. The topological polar surface area (TPSA) is 47.3 Å². The fourth-order valence-electron chi connectivity index (χ4n) is 3.81. The highest BCUT2D eigenvalue weighted by molar-refractivity contribution is 9.10. The summed E-state index contributed by atoms with van der Waals surface area (Å²) in [5, 5.41) is 0. The van der Waals surface area contributed by atoms with Crippen LogP contribution in [0.1, 0.15) is 49.7 Å². The fourth-order valence-corrected chi connectivity index (χ4v) is 4.36. The lowest BCUT2D eigenvalue weighted by Gasteiger charge is -2.26. The van der Waals surface area contributed by atoms with Gasteiger partial charge in [0.15, 0.2) is 0 Å². The molecule has 116 valence electrons. The predicted molar refractivity (Wildman–Crippen MR) is 89.3 cm³/mol. The van der Waals surface area contributed by atoms with E-state index in [-0.39, 0.29) is 0 Å². The van der Waals surface area contributed by atoms with Crippen LogP contribution in [0.15, 0.2) is 16.6 Å². The number of hydrazine groups is 1. The lowest BCUT2D eigenvalue weighted by atomic mass is 9.87. The second-order valence-electron chi connectivity index (χ2n) is 6.38. The van der Waals surface area contributed by atoms with E-state index in [1.54, 1.807) is 0 Å². The van der Waals surface area contributed by atoms with Gasteiger partial charge < -0.3 is 4.74 Å². The minimum Gasteiger partial charge on any atom is -0.493 e. The molecule has 1 atom stereocenters. The highest BCUT2D eigenvalue weighted by Crippen LogP contribution is 2.35. The van der Waals surface area contributed by atoms with Crippen molar-refractivity contribution in [1.82, 2.24) is 5.43 Å². The molecule has 4 heteroatoms. The van der Waals surface area contributed by atoms with E-state index in [9.17, 15) is 0 Å². The van der Waals surface area contributed by atoms with Crippen molar-refractivity contribution in [2.45, 2.75) is 57.4 Å². The number of ether oxygens (including phenoxy) is 1. The molecule has 2 aliphatic rings. The first-order chi connectivity index (χ1) is 10.3. The van der Waals surface area contributed by atoms with E-state index < -0.39 is 0 Å². The van der Waals surface area contributed by atoms with Crippen LogP contribution in [-0.4, -0.2) is 12.6 Å². The molecule has 0 spiro atoms. The number of halogens is 1. The maximum Gasteiger partial charge on any atom is 0.125 e. The highest BCUT2D eigenvalue weighted by Gasteiger charge is 2.25. The van der Waals surface area contributed by atoms with Crippen LogP contribution in [0.4, 0.5) is 0 Å². The van der Waals surface area contributed by atoms with Crippen LogP contribution in [0.5, 0.6) is 5.75 Å². The Kier molecular flexibility index (Phi) is 5.19. The molecule has 1 fully saturated rings. The Morgan fingerprint density at radius 3 is 2.71 bits per heavy atom. The molecule has 1 heterocycles. The van der Waals surface area contributed by atoms with Crippen molar-refractivity contribution < 1.29 is 4.74 Å². The van der Waals surface area contributed by atoms with Gasteiger partial charge in [0.1, 0.15) is 5.75 Å². The Morgan fingerprint density at radius 1 is 1.24 bits per heavy atom. The molecule has 1 saturated carbocycles. The van der Waals surface area contributed by atoms with Gasteiger partial charge in [-0.25, -0.2) is 0 Å². The van der Waals surface area contributed by atoms with Crippen LogP contribution in [0.3, 0.4) is 0 Å². The van der Waals surface area contributed by atoms with Gasteiger partial charge in [-0.3, -0.25) is 11.3 Å². The van der Waals surface area contributed by atoms with Crippen molar-refractivity contribution in [1.29, 1.82) is 0 Å². The summed E-state index contributed by atoms with van der Waals surface area (Å²) < 4.78 is 7.00. The molecule has 0 radical (unpaired) electrons. The first-order valence-corrected chi connectivity index (χ1v) is 8.97. The van der Waals surface area contributed by atoms with Crippen molar-refractivity contribution in [3.05, 3.63) is 27.7 Å². The SMILES string of the molecule is NNC(Cc1cc(Br)cc2c1OCC2)C1CCCCCC1. The summed E-state index contributed by atoms with van der Waals surface area (Å²) >= 11 is 3.63. The average Bonchev–Trinajstić information content (AvgIpc) is 2.78. The van der Waals surface area contributed by atoms with Crippen LogP contribution in [0.2, 0.25) is 0 Å². The van der Waals surface area contributed by atoms with Crippen LogP contribution in [-0.2, 0) is 12.8 Å². The molecule has 3 rings (SSSR count). The summed E-state index contributed by atoms with van der Waals surface area (Å²) in [4.78, 5) is 0. The van der Waals surface area contributed by atoms with Gasteiger partial charge in [-0.1, -0.05) is 41.6 Å². The summed E-state index contributed by atoms with van der Waals surface area (Å²) in [5.74, 6) is 7.68. The highest BCUT2D eigenvalue weighted by atomic mass is 79.9. The number of nitrogens with one attached hydrogen (secondary N) is 1. The van der Waals surface area contributed by atoms with Crippen LogP contribution < -0.4 is 16.0 Å². The van der Waals surface area contributed by atoms with E-state index in [4.69, 9.17) is 10.6 Å². The second kappa shape index (κ2) is 7.12. The molecule has 21 heavy (non-hydrogen) atoms. The number of rotatable bonds is 4. The van der Waals surface area contributed by atoms with Crippen molar-refractivity contribution in [2.24, 2.45) is 11.8 Å². The van der Waals surface area contributed by atoms with Gasteiger partial charge in [0, 0.05) is 16.9 Å². The van der Waals surface area contributed by atoms with E-state index in [0.717, 1.165) is 29.7 Å². The Hall–Kier alpha value is -0.580. The molecule has 0 amide bonds. The van der Waals surface area contributed by atoms with E-state index in [0.29, 0.717) is 12.0 Å². The standard InChI is InChI=1S/C17H25BrN2O/c18-15-9-13-7-8-21-17(13)14(10-15)11-16(20-19)12-5-3-1-2-4-6-12/h9-10,12,16,20H,1-8,11,19H2. The van der Waals surface area contributed by atoms with Crippen molar-refractivity contribution in [3.8, 4) is 5.75 Å². The summed E-state index contributed by atoms with van der Waals surface area (Å²) in [6, 6.07) is 4.73. The van der Waals surface area contributed by atoms with E-state index in [1.807, 2.05) is 0 Å². The molecular weight excluding hydrogens is 328 g/mol. The molecule has 1 aromatic carbocycles. The number of fused-ring (bicyclic) bond motifs is 1. The van der Waals surface area contributed by atoms with Crippen LogP contribution in [0.25, 0.3) is 0 Å². The monoisotopic (exact) mass is 352 g/mol. The molecule has 1 aromatic rings. The third-order valence-corrected chi connectivity index (χ3v) is 5.41. The normalized spacial score (nSPS) is 20.7. The lowest BCUT2D eigenvalue weighted by Crippen LogP contribution is -2.42. The molecule has 1 unspecified atom stereocenters. The first kappa shape index (κ1) is 15.3. The van der Waals surface area contributed by atoms with Crippen molar-refractivity contribution in [2.75, 3.05) is 6.61 Å². The largest absolute Gasteiger partial charge is 0.493 e. The van der Waals surface area contributed by atoms with E-state index in [1.165, 1.54) is 49.7 Å². The number of nitrogens with two attached hydrogens (primary N) is 1. The van der Waals surface area contributed by atoms with Crippen LogP contribution in [0, 0.1) is 5.92 Å². The molecule has 0 saturated heterocycles. The number of benzene rings is 1. The maximum absolute atomic E-state index is 5.88. The minimum atomic E-state index is 0.352. The van der Waals surface area contributed by atoms with Gasteiger partial charge in [-0.05, 0) is 48.4 Å². The second-order valence-corrected chi connectivity index (χ2v) is 7.30. The zero-order valence-electron chi connectivity index (χ0n) is 12.5. The molecule has 0 aromatic heterocycles. The average molecular weight is 353 g/mol. The summed E-state index contributed by atoms with van der Waals surface area (Å²) in [6.07, 6.45) is 10.0. The smallest absolute Gasteiger partial charge is 0.125 e. The summed E-state index contributed by atoms with van der Waals surface area (Å²) in [6.45, 7) is 0.808. The summed E-state index contributed by atoms with van der Waals surface area (Å²) in [5.41, 5.74) is 5.71. The fraction of sp³-hybridized carbons (Fsp3) is 0.647. The van der Waals surface area contributed by atoms with Gasteiger partial charge in [-0.2, -0.15) is 0 Å². The first-order valence-electron chi connectivity index (χ1n) is 8.18. The molecule has 3 nitrogen and oxygen atoms in total. The third-order valence-electron chi connectivity index (χ3n) is 4.95. The Labute approximate surface area is 135 Å². The van der Waals surface area contributed by atoms with Crippen molar-refractivity contribution in [3.63, 3.8) is 0 Å². The quantitative estimate of drug-likeness (QED) is 0.493. The molecule has 3 N–H and O–H groups in total. The van der Waals surface area contributed by atoms with Gasteiger partial charge >= 0.3 is 0 Å². The van der Waals surface area contributed by atoms with Gasteiger partial charge in [-0.15, -0.1) is 0 Å². The predicted octanol–water partition coefficient (Wildman–Crippen LogP) is 3.73. The minimum absolute atomic E-state index is 0.352. The van der Waals surface area contributed by atoms with Gasteiger partial charge in [0.25, 0.3) is 0 Å². The van der Waals surface area contributed by atoms with E-state index >= 15 is 0 Å². The Morgan fingerprint density at radius 2 is 2.00 bits per heavy atom. The summed E-state index contributed by atoms with van der Waals surface area (Å²) in [7, 11) is 0. The number of hydrogen-bond acceptors (Lipinski definition) is 3. The molecule has 1 aliphatic carbocycles. The van der Waals surface area contributed by atoms with Crippen LogP contribution >= 0.6 is 15.9 Å². The van der Waals surface area contributed by atoms with Gasteiger partial charge in [0.05, 0.1) is 6.61 Å². The Bertz CT molecular complexity index is 484. The zero-order valence-corrected chi connectivity index (χ0v) is 14.1. The third kappa shape index (κ3) is 3.61. The van der Waals surface area contributed by atoms with Gasteiger partial charge in [0.2, 0.25) is 0 Å². The molecular formula is C17H25BrN2O. The molecule has 1 aliphatic heterocycles. The Balaban J connectivity index is 1.77.